The Balaban J connectivity index is 1.73. The second kappa shape index (κ2) is 7.75. The molecule has 0 spiro atoms. The smallest absolute Gasteiger partial charge is 0.222 e. The van der Waals surface area contributed by atoms with Gasteiger partial charge in [-0.3, -0.25) is 9.69 Å². The van der Waals surface area contributed by atoms with Crippen LogP contribution < -0.4 is 4.72 Å². The van der Waals surface area contributed by atoms with Crippen molar-refractivity contribution in [1.82, 2.24) is 14.5 Å². The number of hydrogen-bond acceptors (Lipinski definition) is 4. The number of rotatable bonds is 6. The summed E-state index contributed by atoms with van der Waals surface area (Å²) in [7, 11) is -3.09. The minimum Gasteiger partial charge on any atom is -0.343 e. The third kappa shape index (κ3) is 5.21. The fourth-order valence-corrected chi connectivity index (χ4v) is 4.02. The molecule has 1 atom stereocenters. The molecule has 0 saturated carbocycles. The Hall–Kier alpha value is -0.660. The van der Waals surface area contributed by atoms with Crippen molar-refractivity contribution in [3.63, 3.8) is 0 Å². The highest BCUT2D eigenvalue weighted by Crippen LogP contribution is 2.24. The Morgan fingerprint density at radius 3 is 2.45 bits per heavy atom. The highest BCUT2D eigenvalue weighted by Gasteiger charge is 2.31. The van der Waals surface area contributed by atoms with E-state index >= 15 is 0 Å². The number of hydrogen-bond donors (Lipinski definition) is 1. The third-order valence-electron chi connectivity index (χ3n) is 4.75. The molecule has 7 heteroatoms. The normalized spacial score (nSPS) is 24.8. The SMILES string of the molecule is CCCC(=O)N1CCC(N2CCC(CNS(C)(=O)=O)C2)CC1. The van der Waals surface area contributed by atoms with Crippen LogP contribution in [0.1, 0.15) is 39.0 Å². The van der Waals surface area contributed by atoms with E-state index in [9.17, 15) is 13.2 Å². The first kappa shape index (κ1) is 17.7. The second-order valence-electron chi connectivity index (χ2n) is 6.63. The summed E-state index contributed by atoms with van der Waals surface area (Å²) in [6.07, 6.45) is 5.93. The molecule has 0 aliphatic carbocycles. The summed E-state index contributed by atoms with van der Waals surface area (Å²) in [5.41, 5.74) is 0. The van der Waals surface area contributed by atoms with Crippen LogP contribution in [0.2, 0.25) is 0 Å². The Bertz CT molecular complexity index is 472. The first-order valence-corrected chi connectivity index (χ1v) is 10.2. The van der Waals surface area contributed by atoms with Gasteiger partial charge in [-0.2, -0.15) is 0 Å². The molecule has 2 aliphatic rings. The molecule has 1 amide bonds. The molecule has 2 aliphatic heterocycles. The van der Waals surface area contributed by atoms with Gasteiger partial charge in [0.05, 0.1) is 6.26 Å². The molecule has 2 fully saturated rings. The molecule has 0 aromatic rings. The zero-order valence-electron chi connectivity index (χ0n) is 13.8. The monoisotopic (exact) mass is 331 g/mol. The molecule has 2 saturated heterocycles. The van der Waals surface area contributed by atoms with Gasteiger partial charge in [-0.25, -0.2) is 13.1 Å². The van der Waals surface area contributed by atoms with Gasteiger partial charge in [0, 0.05) is 38.6 Å². The van der Waals surface area contributed by atoms with Crippen LogP contribution in [0.25, 0.3) is 0 Å². The van der Waals surface area contributed by atoms with Gasteiger partial charge in [0.15, 0.2) is 0 Å². The van der Waals surface area contributed by atoms with Crippen molar-refractivity contribution in [3.05, 3.63) is 0 Å². The number of nitrogens with one attached hydrogen (secondary N) is 1. The molecule has 2 rings (SSSR count). The molecule has 0 bridgehead atoms. The highest BCUT2D eigenvalue weighted by molar-refractivity contribution is 7.88. The maximum Gasteiger partial charge on any atom is 0.222 e. The molecule has 0 aromatic heterocycles. The van der Waals surface area contributed by atoms with Crippen molar-refractivity contribution < 1.29 is 13.2 Å². The Labute approximate surface area is 134 Å². The summed E-state index contributed by atoms with van der Waals surface area (Å²) in [5, 5.41) is 0. The largest absolute Gasteiger partial charge is 0.343 e. The van der Waals surface area contributed by atoms with E-state index in [0.717, 1.165) is 51.9 Å². The van der Waals surface area contributed by atoms with Crippen molar-refractivity contribution in [1.29, 1.82) is 0 Å². The second-order valence-corrected chi connectivity index (χ2v) is 8.47. The molecule has 1 N–H and O–H groups in total. The Morgan fingerprint density at radius 1 is 1.18 bits per heavy atom. The predicted molar refractivity (Wildman–Crippen MR) is 87.0 cm³/mol. The average molecular weight is 331 g/mol. The number of nitrogens with zero attached hydrogens (tertiary/aromatic N) is 2. The van der Waals surface area contributed by atoms with Crippen LogP contribution in [0.5, 0.6) is 0 Å². The van der Waals surface area contributed by atoms with E-state index in [0.29, 0.717) is 24.9 Å². The third-order valence-corrected chi connectivity index (χ3v) is 5.44. The van der Waals surface area contributed by atoms with E-state index in [-0.39, 0.29) is 5.91 Å². The quantitative estimate of drug-likeness (QED) is 0.776. The van der Waals surface area contributed by atoms with E-state index in [1.54, 1.807) is 0 Å². The number of amides is 1. The number of sulfonamides is 1. The Kier molecular flexibility index (Phi) is 6.23. The molecule has 0 aromatic carbocycles. The van der Waals surface area contributed by atoms with Gasteiger partial charge < -0.3 is 4.90 Å². The molecule has 128 valence electrons. The maximum atomic E-state index is 11.9. The van der Waals surface area contributed by atoms with Crippen molar-refractivity contribution in [2.75, 3.05) is 39.0 Å². The first-order valence-electron chi connectivity index (χ1n) is 8.35. The summed E-state index contributed by atoms with van der Waals surface area (Å²) in [4.78, 5) is 16.4. The van der Waals surface area contributed by atoms with Gasteiger partial charge in [-0.15, -0.1) is 0 Å². The van der Waals surface area contributed by atoms with E-state index in [2.05, 4.69) is 9.62 Å². The minimum atomic E-state index is -3.09. The van der Waals surface area contributed by atoms with Crippen LogP contribution in [0.15, 0.2) is 0 Å². The number of piperidine rings is 1. The van der Waals surface area contributed by atoms with Gasteiger partial charge in [-0.05, 0) is 38.1 Å². The maximum absolute atomic E-state index is 11.9. The summed E-state index contributed by atoms with van der Waals surface area (Å²) in [5.74, 6) is 0.701. The summed E-state index contributed by atoms with van der Waals surface area (Å²) < 4.78 is 24.9. The van der Waals surface area contributed by atoms with E-state index in [4.69, 9.17) is 0 Å². The summed E-state index contributed by atoms with van der Waals surface area (Å²) in [6, 6.07) is 0.550. The van der Waals surface area contributed by atoms with Crippen LogP contribution in [-0.4, -0.2) is 69.1 Å². The molecule has 0 radical (unpaired) electrons. The van der Waals surface area contributed by atoms with Gasteiger partial charge >= 0.3 is 0 Å². The van der Waals surface area contributed by atoms with Crippen molar-refractivity contribution in [3.8, 4) is 0 Å². The van der Waals surface area contributed by atoms with Crippen molar-refractivity contribution in [2.45, 2.75) is 45.1 Å². The molecule has 2 heterocycles. The van der Waals surface area contributed by atoms with Crippen LogP contribution in [0, 0.1) is 5.92 Å². The van der Waals surface area contributed by atoms with Gasteiger partial charge in [0.2, 0.25) is 15.9 Å². The fraction of sp³-hybridized carbons (Fsp3) is 0.933. The van der Waals surface area contributed by atoms with Crippen molar-refractivity contribution in [2.24, 2.45) is 5.92 Å². The van der Waals surface area contributed by atoms with E-state index in [1.807, 2.05) is 11.8 Å². The first-order chi connectivity index (χ1) is 10.4. The lowest BCUT2D eigenvalue weighted by molar-refractivity contribution is -0.132. The molecule has 6 nitrogen and oxygen atoms in total. The van der Waals surface area contributed by atoms with E-state index < -0.39 is 10.0 Å². The van der Waals surface area contributed by atoms with Crippen molar-refractivity contribution >= 4 is 15.9 Å². The topological polar surface area (TPSA) is 69.7 Å². The molecule has 1 unspecified atom stereocenters. The lowest BCUT2D eigenvalue weighted by atomic mass is 10.0. The molecule has 22 heavy (non-hydrogen) atoms. The lowest BCUT2D eigenvalue weighted by Gasteiger charge is -2.37. The zero-order chi connectivity index (χ0) is 16.2. The van der Waals surface area contributed by atoms with Crippen LogP contribution in [0.4, 0.5) is 0 Å². The van der Waals surface area contributed by atoms with Gasteiger partial charge in [-0.1, -0.05) is 6.92 Å². The van der Waals surface area contributed by atoms with Crippen LogP contribution in [-0.2, 0) is 14.8 Å². The summed E-state index contributed by atoms with van der Waals surface area (Å²) >= 11 is 0. The number of carbonyl (C=O) groups excluding carboxylic acids is 1. The van der Waals surface area contributed by atoms with Gasteiger partial charge in [0.25, 0.3) is 0 Å². The molecular formula is C15H29N3O3S. The summed E-state index contributed by atoms with van der Waals surface area (Å²) in [6.45, 7) is 6.33. The number of carbonyl (C=O) groups is 1. The average Bonchev–Trinajstić information content (AvgIpc) is 2.94. The highest BCUT2D eigenvalue weighted by atomic mass is 32.2. The standard InChI is InChI=1S/C15H29N3O3S/c1-3-4-15(19)17-9-6-14(7-10-17)18-8-5-13(12-18)11-16-22(2,20)21/h13-14,16H,3-12H2,1-2H3. The van der Waals surface area contributed by atoms with Crippen LogP contribution in [0.3, 0.4) is 0 Å². The molecular weight excluding hydrogens is 302 g/mol. The lowest BCUT2D eigenvalue weighted by Crippen LogP contribution is -2.46. The zero-order valence-corrected chi connectivity index (χ0v) is 14.6. The van der Waals surface area contributed by atoms with Gasteiger partial charge in [0.1, 0.15) is 0 Å². The number of likely N-dealkylation sites (tertiary alicyclic amines) is 2. The Morgan fingerprint density at radius 2 is 1.86 bits per heavy atom. The fourth-order valence-electron chi connectivity index (χ4n) is 3.48. The predicted octanol–water partition coefficient (Wildman–Crippen LogP) is 0.649. The minimum absolute atomic E-state index is 0.289. The van der Waals surface area contributed by atoms with E-state index in [1.165, 1.54) is 6.26 Å². The van der Waals surface area contributed by atoms with Crippen LogP contribution >= 0.6 is 0 Å².